The van der Waals surface area contributed by atoms with Crippen LogP contribution >= 0.6 is 0 Å². The number of benzene rings is 2. The topological polar surface area (TPSA) is 84.1 Å². The average molecular weight is 347 g/mol. The number of rotatable bonds is 6. The average Bonchev–Trinajstić information content (AvgIpc) is 2.64. The van der Waals surface area contributed by atoms with Crippen LogP contribution in [0.1, 0.15) is 22.8 Å². The van der Waals surface area contributed by atoms with Gasteiger partial charge in [-0.15, -0.1) is 0 Å². The quantitative estimate of drug-likeness (QED) is 0.662. The predicted molar refractivity (Wildman–Crippen MR) is 105 cm³/mol. The van der Waals surface area contributed by atoms with Crippen molar-refractivity contribution in [2.75, 3.05) is 23.0 Å². The molecular weight excluding hydrogens is 326 g/mol. The van der Waals surface area contributed by atoms with Crippen LogP contribution in [0, 0.1) is 0 Å². The summed E-state index contributed by atoms with van der Waals surface area (Å²) in [5.74, 6) is 1.16. The summed E-state index contributed by atoms with van der Waals surface area (Å²) >= 11 is 0. The molecule has 0 aliphatic carbocycles. The van der Waals surface area contributed by atoms with E-state index in [1.807, 2.05) is 42.3 Å². The van der Waals surface area contributed by atoms with Crippen LogP contribution in [-0.2, 0) is 6.54 Å². The smallest absolute Gasteiger partial charge is 0.159 e. The van der Waals surface area contributed by atoms with Gasteiger partial charge in [0, 0.05) is 24.8 Å². The third-order valence-corrected chi connectivity index (χ3v) is 4.02. The van der Waals surface area contributed by atoms with Crippen molar-refractivity contribution in [2.24, 2.45) is 0 Å². The Labute approximate surface area is 152 Å². The molecule has 0 aliphatic heterocycles. The van der Waals surface area contributed by atoms with E-state index in [9.17, 15) is 4.79 Å². The molecule has 3 rings (SSSR count). The first kappa shape index (κ1) is 17.4. The molecule has 3 aromatic rings. The number of hydrogen-bond donors (Lipinski definition) is 2. The van der Waals surface area contributed by atoms with Crippen molar-refractivity contribution in [3.8, 4) is 0 Å². The van der Waals surface area contributed by atoms with Crippen LogP contribution in [0.3, 0.4) is 0 Å². The second-order valence-electron chi connectivity index (χ2n) is 6.06. The normalized spacial score (nSPS) is 10.4. The number of nitrogens with zero attached hydrogens (tertiary/aromatic N) is 3. The van der Waals surface area contributed by atoms with Gasteiger partial charge in [-0.3, -0.25) is 4.79 Å². The number of Topliss-reactive ketones (excluding diaryl/α,β-unsaturated/α-hetero) is 1. The summed E-state index contributed by atoms with van der Waals surface area (Å²) in [7, 11) is 1.94. The molecule has 3 N–H and O–H groups in total. The highest BCUT2D eigenvalue weighted by Gasteiger charge is 2.13. The SMILES string of the molecule is CC(=O)c1cccc(Nc2ncnc(N(C)Cc3ccccc3)c2N)c1. The van der Waals surface area contributed by atoms with Crippen LogP contribution in [-0.4, -0.2) is 22.8 Å². The molecule has 0 radical (unpaired) electrons. The zero-order valence-electron chi connectivity index (χ0n) is 14.8. The van der Waals surface area contributed by atoms with Crippen LogP contribution in [0.2, 0.25) is 0 Å². The number of hydrogen-bond acceptors (Lipinski definition) is 6. The molecule has 0 atom stereocenters. The van der Waals surface area contributed by atoms with Crippen molar-refractivity contribution in [1.82, 2.24) is 9.97 Å². The van der Waals surface area contributed by atoms with E-state index in [0.29, 0.717) is 29.4 Å². The highest BCUT2D eigenvalue weighted by molar-refractivity contribution is 5.95. The maximum atomic E-state index is 11.5. The molecule has 0 unspecified atom stereocenters. The second-order valence-corrected chi connectivity index (χ2v) is 6.06. The minimum atomic E-state index is 0.00703. The minimum Gasteiger partial charge on any atom is -0.393 e. The van der Waals surface area contributed by atoms with E-state index in [2.05, 4.69) is 27.4 Å². The summed E-state index contributed by atoms with van der Waals surface area (Å²) < 4.78 is 0. The van der Waals surface area contributed by atoms with Gasteiger partial charge in [0.1, 0.15) is 12.0 Å². The van der Waals surface area contributed by atoms with Crippen LogP contribution in [0.4, 0.5) is 23.0 Å². The lowest BCUT2D eigenvalue weighted by molar-refractivity contribution is 0.101. The number of anilines is 4. The fourth-order valence-electron chi connectivity index (χ4n) is 2.67. The van der Waals surface area contributed by atoms with Crippen molar-refractivity contribution in [2.45, 2.75) is 13.5 Å². The summed E-state index contributed by atoms with van der Waals surface area (Å²) in [5, 5.41) is 3.17. The Bertz CT molecular complexity index is 911. The predicted octanol–water partition coefficient (Wildman–Crippen LogP) is 3.64. The molecule has 0 aliphatic rings. The summed E-state index contributed by atoms with van der Waals surface area (Å²) in [6.45, 7) is 2.22. The van der Waals surface area contributed by atoms with Gasteiger partial charge in [0.25, 0.3) is 0 Å². The molecule has 0 spiro atoms. The molecule has 1 heterocycles. The molecule has 1 aromatic heterocycles. The minimum absolute atomic E-state index is 0.00703. The highest BCUT2D eigenvalue weighted by atomic mass is 16.1. The Balaban J connectivity index is 1.83. The van der Waals surface area contributed by atoms with Gasteiger partial charge in [-0.05, 0) is 24.6 Å². The van der Waals surface area contributed by atoms with E-state index in [1.165, 1.54) is 13.3 Å². The monoisotopic (exact) mass is 347 g/mol. The molecular formula is C20H21N5O. The molecule has 6 heteroatoms. The molecule has 132 valence electrons. The molecule has 6 nitrogen and oxygen atoms in total. The lowest BCUT2D eigenvalue weighted by Crippen LogP contribution is -2.20. The van der Waals surface area contributed by atoms with Gasteiger partial charge in [-0.25, -0.2) is 9.97 Å². The maximum Gasteiger partial charge on any atom is 0.159 e. The second kappa shape index (κ2) is 7.65. The number of carbonyl (C=O) groups is 1. The lowest BCUT2D eigenvalue weighted by Gasteiger charge is -2.21. The van der Waals surface area contributed by atoms with Gasteiger partial charge in [-0.1, -0.05) is 42.5 Å². The van der Waals surface area contributed by atoms with Crippen molar-refractivity contribution in [3.05, 3.63) is 72.1 Å². The van der Waals surface area contributed by atoms with E-state index in [4.69, 9.17) is 5.73 Å². The van der Waals surface area contributed by atoms with E-state index in [-0.39, 0.29) is 5.78 Å². The Morgan fingerprint density at radius 3 is 2.62 bits per heavy atom. The first-order chi connectivity index (χ1) is 12.5. The zero-order chi connectivity index (χ0) is 18.5. The summed E-state index contributed by atoms with van der Waals surface area (Å²) in [6.07, 6.45) is 1.48. The van der Waals surface area contributed by atoms with Gasteiger partial charge < -0.3 is 16.0 Å². The lowest BCUT2D eigenvalue weighted by atomic mass is 10.1. The number of nitrogens with two attached hydrogens (primary N) is 1. The first-order valence-corrected chi connectivity index (χ1v) is 8.28. The molecule has 2 aromatic carbocycles. The van der Waals surface area contributed by atoms with E-state index >= 15 is 0 Å². The third kappa shape index (κ3) is 3.97. The standard InChI is InChI=1S/C20H21N5O/c1-14(26)16-9-6-10-17(11-16)24-19-18(21)20(23-13-22-19)25(2)12-15-7-4-3-5-8-15/h3-11,13H,12,21H2,1-2H3,(H,22,23,24). The van der Waals surface area contributed by atoms with Crippen molar-refractivity contribution < 1.29 is 4.79 Å². The number of nitrogens with one attached hydrogen (secondary N) is 1. The van der Waals surface area contributed by atoms with Crippen LogP contribution < -0.4 is 16.0 Å². The number of aromatic nitrogens is 2. The first-order valence-electron chi connectivity index (χ1n) is 8.28. The van der Waals surface area contributed by atoms with Crippen LogP contribution in [0.15, 0.2) is 60.9 Å². The zero-order valence-corrected chi connectivity index (χ0v) is 14.8. The Morgan fingerprint density at radius 2 is 1.88 bits per heavy atom. The number of carbonyl (C=O) groups excluding carboxylic acids is 1. The molecule has 26 heavy (non-hydrogen) atoms. The van der Waals surface area contributed by atoms with E-state index in [1.54, 1.807) is 12.1 Å². The largest absolute Gasteiger partial charge is 0.393 e. The van der Waals surface area contributed by atoms with E-state index < -0.39 is 0 Å². The molecule has 0 fully saturated rings. The highest BCUT2D eigenvalue weighted by Crippen LogP contribution is 2.28. The van der Waals surface area contributed by atoms with Gasteiger partial charge in [-0.2, -0.15) is 0 Å². The molecule has 0 saturated heterocycles. The van der Waals surface area contributed by atoms with Crippen molar-refractivity contribution >= 4 is 28.8 Å². The Hall–Kier alpha value is -3.41. The Kier molecular flexibility index (Phi) is 5.12. The fourth-order valence-corrected chi connectivity index (χ4v) is 2.67. The van der Waals surface area contributed by atoms with Crippen LogP contribution in [0.5, 0.6) is 0 Å². The Morgan fingerprint density at radius 1 is 1.12 bits per heavy atom. The molecule has 0 amide bonds. The molecule has 0 bridgehead atoms. The summed E-state index contributed by atoms with van der Waals surface area (Å²) in [5.41, 5.74) is 9.29. The summed E-state index contributed by atoms with van der Waals surface area (Å²) in [4.78, 5) is 22.1. The summed E-state index contributed by atoms with van der Waals surface area (Å²) in [6, 6.07) is 17.3. The van der Waals surface area contributed by atoms with Gasteiger partial charge >= 0.3 is 0 Å². The number of nitrogen functional groups attached to an aromatic ring is 1. The van der Waals surface area contributed by atoms with E-state index in [0.717, 1.165) is 11.3 Å². The fraction of sp³-hybridized carbons (Fsp3) is 0.150. The van der Waals surface area contributed by atoms with Crippen LogP contribution in [0.25, 0.3) is 0 Å². The van der Waals surface area contributed by atoms with Gasteiger partial charge in [0.15, 0.2) is 17.4 Å². The molecule has 0 saturated carbocycles. The maximum absolute atomic E-state index is 11.5. The van der Waals surface area contributed by atoms with Gasteiger partial charge in [0.05, 0.1) is 0 Å². The third-order valence-electron chi connectivity index (χ3n) is 4.02. The van der Waals surface area contributed by atoms with Crippen molar-refractivity contribution in [3.63, 3.8) is 0 Å². The number of ketones is 1. The van der Waals surface area contributed by atoms with Crippen molar-refractivity contribution in [1.29, 1.82) is 0 Å². The van der Waals surface area contributed by atoms with Gasteiger partial charge in [0.2, 0.25) is 0 Å².